The SMILES string of the molecule is CC(C)(O)Cn1c(N)nc2ccc(OC(C)(C)CNc3ccccc3N)cc21. The van der Waals surface area contributed by atoms with Crippen molar-refractivity contribution in [1.82, 2.24) is 9.55 Å². The van der Waals surface area contributed by atoms with Crippen molar-refractivity contribution in [2.45, 2.75) is 45.4 Å². The van der Waals surface area contributed by atoms with Gasteiger partial charge < -0.3 is 31.2 Å². The maximum atomic E-state index is 10.2. The van der Waals surface area contributed by atoms with E-state index in [9.17, 15) is 5.11 Å². The van der Waals surface area contributed by atoms with Gasteiger partial charge in [-0.1, -0.05) is 12.1 Å². The summed E-state index contributed by atoms with van der Waals surface area (Å²) >= 11 is 0. The Morgan fingerprint density at radius 3 is 2.50 bits per heavy atom. The van der Waals surface area contributed by atoms with Crippen molar-refractivity contribution in [1.29, 1.82) is 0 Å². The highest BCUT2D eigenvalue weighted by Gasteiger charge is 2.22. The van der Waals surface area contributed by atoms with Gasteiger partial charge in [0.1, 0.15) is 11.4 Å². The van der Waals surface area contributed by atoms with Gasteiger partial charge in [0.25, 0.3) is 0 Å². The first-order valence-electron chi connectivity index (χ1n) is 9.30. The van der Waals surface area contributed by atoms with Gasteiger partial charge in [-0.15, -0.1) is 0 Å². The summed E-state index contributed by atoms with van der Waals surface area (Å²) in [6, 6.07) is 13.3. The molecule has 0 spiro atoms. The molecule has 1 aromatic heterocycles. The molecule has 7 nitrogen and oxygen atoms in total. The lowest BCUT2D eigenvalue weighted by Gasteiger charge is -2.28. The number of hydrogen-bond acceptors (Lipinski definition) is 6. The molecule has 28 heavy (non-hydrogen) atoms. The predicted molar refractivity (Wildman–Crippen MR) is 114 cm³/mol. The van der Waals surface area contributed by atoms with Gasteiger partial charge in [-0.2, -0.15) is 0 Å². The van der Waals surface area contributed by atoms with E-state index in [2.05, 4.69) is 10.3 Å². The van der Waals surface area contributed by atoms with E-state index in [0.717, 1.165) is 16.7 Å². The Kier molecular flexibility index (Phi) is 5.12. The maximum Gasteiger partial charge on any atom is 0.201 e. The summed E-state index contributed by atoms with van der Waals surface area (Å²) < 4.78 is 8.02. The number of ether oxygens (including phenoxy) is 1. The lowest BCUT2D eigenvalue weighted by molar-refractivity contribution is 0.0632. The second-order valence-corrected chi connectivity index (χ2v) is 8.32. The summed E-state index contributed by atoms with van der Waals surface area (Å²) in [5.74, 6) is 1.08. The molecule has 2 aromatic carbocycles. The van der Waals surface area contributed by atoms with Crippen molar-refractivity contribution in [3.8, 4) is 5.75 Å². The molecule has 3 rings (SSSR count). The smallest absolute Gasteiger partial charge is 0.201 e. The number of nitrogens with zero attached hydrogens (tertiary/aromatic N) is 2. The van der Waals surface area contributed by atoms with Gasteiger partial charge in [-0.25, -0.2) is 4.98 Å². The molecule has 0 fully saturated rings. The number of aromatic nitrogens is 2. The first-order valence-corrected chi connectivity index (χ1v) is 9.30. The Morgan fingerprint density at radius 2 is 1.82 bits per heavy atom. The van der Waals surface area contributed by atoms with Crippen LogP contribution in [0.5, 0.6) is 5.75 Å². The van der Waals surface area contributed by atoms with Crippen molar-refractivity contribution in [2.24, 2.45) is 0 Å². The van der Waals surface area contributed by atoms with Gasteiger partial charge >= 0.3 is 0 Å². The van der Waals surface area contributed by atoms with Crippen molar-refractivity contribution in [2.75, 3.05) is 23.3 Å². The number of imidazole rings is 1. The van der Waals surface area contributed by atoms with E-state index >= 15 is 0 Å². The monoisotopic (exact) mass is 383 g/mol. The number of nitrogen functional groups attached to an aromatic ring is 2. The molecule has 0 atom stereocenters. The zero-order valence-corrected chi connectivity index (χ0v) is 16.9. The second-order valence-electron chi connectivity index (χ2n) is 8.32. The summed E-state index contributed by atoms with van der Waals surface area (Å²) in [5, 5.41) is 13.5. The van der Waals surface area contributed by atoms with Gasteiger partial charge in [-0.3, -0.25) is 0 Å². The highest BCUT2D eigenvalue weighted by atomic mass is 16.5. The first kappa shape index (κ1) is 19.8. The van der Waals surface area contributed by atoms with Crippen LogP contribution < -0.4 is 21.5 Å². The van der Waals surface area contributed by atoms with Gasteiger partial charge in [0.15, 0.2) is 0 Å². The number of fused-ring (bicyclic) bond motifs is 1. The summed E-state index contributed by atoms with van der Waals surface area (Å²) in [5.41, 5.74) is 13.8. The molecule has 3 aromatic rings. The molecule has 0 amide bonds. The molecule has 150 valence electrons. The summed E-state index contributed by atoms with van der Waals surface area (Å²) in [6.07, 6.45) is 0. The number of nitrogens with one attached hydrogen (secondary N) is 1. The van der Waals surface area contributed by atoms with Crippen molar-refractivity contribution < 1.29 is 9.84 Å². The highest BCUT2D eigenvalue weighted by molar-refractivity contribution is 5.80. The Hall–Kier alpha value is -2.93. The third-order valence-corrected chi connectivity index (χ3v) is 4.35. The largest absolute Gasteiger partial charge is 0.486 e. The van der Waals surface area contributed by atoms with E-state index in [4.69, 9.17) is 16.2 Å². The number of benzene rings is 2. The Morgan fingerprint density at radius 1 is 1.11 bits per heavy atom. The molecule has 6 N–H and O–H groups in total. The van der Waals surface area contributed by atoms with Crippen LogP contribution in [0, 0.1) is 0 Å². The predicted octanol–water partition coefficient (Wildman–Crippen LogP) is 3.24. The van der Waals surface area contributed by atoms with Crippen molar-refractivity contribution >= 4 is 28.4 Å². The van der Waals surface area contributed by atoms with Crippen LogP contribution in [-0.4, -0.2) is 32.4 Å². The molecule has 0 aliphatic carbocycles. The third-order valence-electron chi connectivity index (χ3n) is 4.35. The number of nitrogens with two attached hydrogens (primary N) is 2. The number of hydrogen-bond donors (Lipinski definition) is 4. The van der Waals surface area contributed by atoms with Gasteiger partial charge in [0.2, 0.25) is 5.95 Å². The second kappa shape index (κ2) is 7.24. The Bertz CT molecular complexity index is 973. The third kappa shape index (κ3) is 4.67. The average Bonchev–Trinajstić information content (AvgIpc) is 2.88. The lowest BCUT2D eigenvalue weighted by atomic mass is 10.1. The molecule has 0 saturated heterocycles. The number of para-hydroxylation sites is 2. The van der Waals surface area contributed by atoms with E-state index in [1.807, 2.05) is 56.3 Å². The van der Waals surface area contributed by atoms with Crippen LogP contribution in [0.2, 0.25) is 0 Å². The minimum atomic E-state index is -0.905. The Balaban J connectivity index is 1.79. The lowest BCUT2D eigenvalue weighted by Crippen LogP contribution is -2.36. The van der Waals surface area contributed by atoms with E-state index in [1.54, 1.807) is 18.4 Å². The van der Waals surface area contributed by atoms with E-state index in [0.29, 0.717) is 30.5 Å². The summed E-state index contributed by atoms with van der Waals surface area (Å²) in [4.78, 5) is 4.37. The van der Waals surface area contributed by atoms with Crippen LogP contribution in [0.4, 0.5) is 17.3 Å². The zero-order valence-electron chi connectivity index (χ0n) is 16.9. The minimum Gasteiger partial charge on any atom is -0.486 e. The summed E-state index contributed by atoms with van der Waals surface area (Å²) in [7, 11) is 0. The molecule has 0 radical (unpaired) electrons. The fraction of sp³-hybridized carbons (Fsp3) is 0.381. The summed E-state index contributed by atoms with van der Waals surface area (Å²) in [6.45, 7) is 8.41. The molecule has 1 heterocycles. The van der Waals surface area contributed by atoms with Crippen LogP contribution >= 0.6 is 0 Å². The van der Waals surface area contributed by atoms with E-state index in [-0.39, 0.29) is 0 Å². The minimum absolute atomic E-state index is 0.344. The van der Waals surface area contributed by atoms with Gasteiger partial charge in [0, 0.05) is 6.07 Å². The van der Waals surface area contributed by atoms with Gasteiger partial charge in [-0.05, 0) is 52.0 Å². The highest BCUT2D eigenvalue weighted by Crippen LogP contribution is 2.27. The van der Waals surface area contributed by atoms with Crippen molar-refractivity contribution in [3.05, 3.63) is 42.5 Å². The topological polar surface area (TPSA) is 111 Å². The van der Waals surface area contributed by atoms with Crippen LogP contribution in [0.3, 0.4) is 0 Å². The van der Waals surface area contributed by atoms with Crippen molar-refractivity contribution in [3.63, 3.8) is 0 Å². The Labute approximate surface area is 165 Å². The quantitative estimate of drug-likeness (QED) is 0.466. The molecular formula is C21H29N5O2. The normalized spacial score (nSPS) is 12.3. The fourth-order valence-corrected chi connectivity index (χ4v) is 3.06. The van der Waals surface area contributed by atoms with E-state index in [1.165, 1.54) is 0 Å². The number of anilines is 3. The molecule has 7 heteroatoms. The van der Waals surface area contributed by atoms with Crippen LogP contribution in [0.25, 0.3) is 11.0 Å². The fourth-order valence-electron chi connectivity index (χ4n) is 3.06. The molecule has 0 aliphatic heterocycles. The molecule has 0 aliphatic rings. The van der Waals surface area contributed by atoms with Crippen LogP contribution in [-0.2, 0) is 6.54 Å². The number of rotatable bonds is 7. The zero-order chi connectivity index (χ0) is 20.5. The standard InChI is InChI=1S/C21H29N5O2/c1-20(2,27)13-26-18-11-14(9-10-17(18)25-19(26)23)28-21(3,4)12-24-16-8-6-5-7-15(16)22/h5-11,24,27H,12-13,22H2,1-4H3,(H2,23,25). The molecule has 0 bridgehead atoms. The van der Waals surface area contributed by atoms with Crippen LogP contribution in [0.1, 0.15) is 27.7 Å². The first-order chi connectivity index (χ1) is 13.0. The molecule has 0 unspecified atom stereocenters. The molecule has 0 saturated carbocycles. The van der Waals surface area contributed by atoms with E-state index < -0.39 is 11.2 Å². The number of aliphatic hydroxyl groups is 1. The molecular weight excluding hydrogens is 354 g/mol. The maximum absolute atomic E-state index is 10.2. The van der Waals surface area contributed by atoms with Gasteiger partial charge in [0.05, 0.1) is 41.1 Å². The average molecular weight is 383 g/mol. The van der Waals surface area contributed by atoms with Crippen LogP contribution in [0.15, 0.2) is 42.5 Å².